The van der Waals surface area contributed by atoms with Gasteiger partial charge >= 0.3 is 0 Å². The van der Waals surface area contributed by atoms with Crippen LogP contribution >= 0.6 is 34.5 Å². The van der Waals surface area contributed by atoms with E-state index in [4.69, 9.17) is 23.2 Å². The van der Waals surface area contributed by atoms with Crippen LogP contribution in [0.1, 0.15) is 27.8 Å². The lowest BCUT2D eigenvalue weighted by Gasteiger charge is -2.31. The Labute approximate surface area is 135 Å². The van der Waals surface area contributed by atoms with E-state index < -0.39 is 0 Å². The molecule has 1 aromatic heterocycles. The predicted molar refractivity (Wildman–Crippen MR) is 91.7 cm³/mol. The minimum atomic E-state index is -0.176. The average molecular weight is 327 g/mol. The summed E-state index contributed by atoms with van der Waals surface area (Å²) in [6, 6.07) is 12.9. The Morgan fingerprint density at radius 1 is 1.00 bits per heavy atom. The molecular formula is C17H20Cl2S. The summed E-state index contributed by atoms with van der Waals surface area (Å²) in [6.07, 6.45) is 2.00. The Hall–Kier alpha value is -0.500. The monoisotopic (exact) mass is 326 g/mol. The Bertz CT molecular complexity index is 556. The average Bonchev–Trinajstić information content (AvgIpc) is 2.93. The maximum atomic E-state index is 6.34. The van der Waals surface area contributed by atoms with Gasteiger partial charge in [0.25, 0.3) is 0 Å². The molecule has 0 fully saturated rings. The van der Waals surface area contributed by atoms with E-state index in [-0.39, 0.29) is 5.41 Å². The molecule has 0 spiro atoms. The molecule has 1 heterocycles. The number of hydrogen-bond acceptors (Lipinski definition) is 1. The highest BCUT2D eigenvalue weighted by Gasteiger charge is 2.32. The Morgan fingerprint density at radius 2 is 1.65 bits per heavy atom. The second-order valence-electron chi connectivity index (χ2n) is 5.26. The van der Waals surface area contributed by atoms with E-state index in [0.717, 1.165) is 12.8 Å². The predicted octanol–water partition coefficient (Wildman–Crippen LogP) is 5.58. The number of hydrogen-bond donors (Lipinski definition) is 0. The molecule has 0 aliphatic heterocycles. The Kier molecular flexibility index (Phi) is 5.54. The largest absolute Gasteiger partial charge is 0.145 e. The first-order valence-electron chi connectivity index (χ1n) is 6.91. The van der Waals surface area contributed by atoms with Crippen molar-refractivity contribution in [1.29, 1.82) is 0 Å². The third-order valence-corrected chi connectivity index (χ3v) is 6.06. The molecule has 108 valence electrons. The van der Waals surface area contributed by atoms with Crippen molar-refractivity contribution < 1.29 is 0 Å². The van der Waals surface area contributed by atoms with Crippen molar-refractivity contribution in [3.05, 3.63) is 57.3 Å². The number of benzene rings is 1. The summed E-state index contributed by atoms with van der Waals surface area (Å²) in [7, 11) is 0. The number of halogens is 2. The molecule has 0 atom stereocenters. The molecule has 20 heavy (non-hydrogen) atoms. The van der Waals surface area contributed by atoms with Gasteiger partial charge in [0.05, 0.1) is 0 Å². The van der Waals surface area contributed by atoms with Gasteiger partial charge in [0.1, 0.15) is 0 Å². The van der Waals surface area contributed by atoms with Crippen LogP contribution in [0.2, 0.25) is 0 Å². The molecule has 0 saturated carbocycles. The van der Waals surface area contributed by atoms with Crippen LogP contribution in [0.3, 0.4) is 0 Å². The molecule has 0 N–H and O–H groups in total. The van der Waals surface area contributed by atoms with E-state index in [1.165, 1.54) is 20.9 Å². The molecule has 0 aliphatic carbocycles. The van der Waals surface area contributed by atoms with Crippen LogP contribution in [0.5, 0.6) is 0 Å². The summed E-state index contributed by atoms with van der Waals surface area (Å²) in [4.78, 5) is 2.79. The molecule has 0 saturated heterocycles. The van der Waals surface area contributed by atoms with Crippen molar-refractivity contribution in [3.63, 3.8) is 0 Å². The van der Waals surface area contributed by atoms with Crippen molar-refractivity contribution in [2.75, 3.05) is 11.8 Å². The summed E-state index contributed by atoms with van der Waals surface area (Å²) in [5, 5.41) is 0. The zero-order chi connectivity index (χ0) is 14.6. The van der Waals surface area contributed by atoms with Crippen molar-refractivity contribution in [3.8, 4) is 0 Å². The van der Waals surface area contributed by atoms with Crippen molar-refractivity contribution in [1.82, 2.24) is 0 Å². The van der Waals surface area contributed by atoms with Gasteiger partial charge < -0.3 is 0 Å². The van der Waals surface area contributed by atoms with Gasteiger partial charge in [0, 0.05) is 26.9 Å². The molecule has 0 amide bonds. The van der Waals surface area contributed by atoms with Gasteiger partial charge in [-0.2, -0.15) is 0 Å². The smallest absolute Gasteiger partial charge is 0.0335 e. The summed E-state index contributed by atoms with van der Waals surface area (Å²) >= 11 is 14.6. The number of aryl methyl sites for hydroxylation is 2. The topological polar surface area (TPSA) is 0 Å². The van der Waals surface area contributed by atoms with Gasteiger partial charge in [-0.25, -0.2) is 0 Å². The molecular weight excluding hydrogens is 307 g/mol. The minimum Gasteiger partial charge on any atom is -0.145 e. The van der Waals surface area contributed by atoms with Crippen LogP contribution in [0.15, 0.2) is 36.4 Å². The highest BCUT2D eigenvalue weighted by atomic mass is 35.5. The van der Waals surface area contributed by atoms with Gasteiger partial charge in [0.15, 0.2) is 0 Å². The first-order valence-corrected chi connectivity index (χ1v) is 8.79. The minimum absolute atomic E-state index is 0.176. The third-order valence-electron chi connectivity index (χ3n) is 3.81. The highest BCUT2D eigenvalue weighted by molar-refractivity contribution is 7.12. The molecule has 0 unspecified atom stereocenters. The van der Waals surface area contributed by atoms with Gasteiger partial charge in [-0.15, -0.1) is 34.5 Å². The third kappa shape index (κ3) is 3.21. The van der Waals surface area contributed by atoms with E-state index in [2.05, 4.69) is 50.2 Å². The molecule has 0 bridgehead atoms. The Morgan fingerprint density at radius 3 is 2.20 bits per heavy atom. The van der Waals surface area contributed by atoms with E-state index in [1.807, 2.05) is 11.3 Å². The second-order valence-corrected chi connectivity index (χ2v) is 7.05. The number of thiophene rings is 1. The second kappa shape index (κ2) is 6.98. The summed E-state index contributed by atoms with van der Waals surface area (Å²) in [5.41, 5.74) is 2.36. The van der Waals surface area contributed by atoms with Crippen LogP contribution in [0, 0.1) is 6.92 Å². The van der Waals surface area contributed by atoms with Crippen LogP contribution in [-0.2, 0) is 18.3 Å². The van der Waals surface area contributed by atoms with Crippen LogP contribution in [0.25, 0.3) is 0 Å². The molecule has 0 radical (unpaired) electrons. The quantitative estimate of drug-likeness (QED) is 0.608. The van der Waals surface area contributed by atoms with Gasteiger partial charge in [-0.1, -0.05) is 31.2 Å². The maximum Gasteiger partial charge on any atom is 0.0335 e. The highest BCUT2D eigenvalue weighted by Crippen LogP contribution is 2.35. The molecule has 2 rings (SSSR count). The van der Waals surface area contributed by atoms with E-state index in [0.29, 0.717) is 11.8 Å². The standard InChI is InChI=1S/C17H20Cl2S/c1-3-14-8-9-15(20-14)10-17(11-18,12-19)16-7-5-4-6-13(16)2/h4-9H,3,10-12H2,1-2H3. The molecule has 0 aliphatic rings. The zero-order valence-corrected chi connectivity index (χ0v) is 14.3. The molecule has 1 aromatic carbocycles. The lowest BCUT2D eigenvalue weighted by molar-refractivity contribution is 0.538. The molecule has 0 nitrogen and oxygen atoms in total. The van der Waals surface area contributed by atoms with Gasteiger partial charge in [-0.05, 0) is 43.0 Å². The first kappa shape index (κ1) is 15.9. The van der Waals surface area contributed by atoms with E-state index in [9.17, 15) is 0 Å². The van der Waals surface area contributed by atoms with Crippen LogP contribution in [-0.4, -0.2) is 11.8 Å². The first-order chi connectivity index (χ1) is 9.65. The van der Waals surface area contributed by atoms with Crippen LogP contribution < -0.4 is 0 Å². The fraction of sp³-hybridized carbons (Fsp3) is 0.412. The van der Waals surface area contributed by atoms with E-state index in [1.54, 1.807) is 0 Å². The normalized spacial score (nSPS) is 11.8. The lowest BCUT2D eigenvalue weighted by Crippen LogP contribution is -2.33. The fourth-order valence-corrected chi connectivity index (χ4v) is 4.44. The Balaban J connectivity index is 2.37. The van der Waals surface area contributed by atoms with Gasteiger partial charge in [-0.3, -0.25) is 0 Å². The fourth-order valence-electron chi connectivity index (χ4n) is 2.58. The van der Waals surface area contributed by atoms with Crippen molar-refractivity contribution in [2.24, 2.45) is 0 Å². The number of rotatable bonds is 6. The van der Waals surface area contributed by atoms with Crippen LogP contribution in [0.4, 0.5) is 0 Å². The maximum absolute atomic E-state index is 6.34. The van der Waals surface area contributed by atoms with Crippen molar-refractivity contribution in [2.45, 2.75) is 32.1 Å². The summed E-state index contributed by atoms with van der Waals surface area (Å²) in [6.45, 7) is 4.32. The van der Waals surface area contributed by atoms with E-state index >= 15 is 0 Å². The van der Waals surface area contributed by atoms with Gasteiger partial charge in [0.2, 0.25) is 0 Å². The molecule has 3 heteroatoms. The SMILES string of the molecule is CCc1ccc(CC(CCl)(CCl)c2ccccc2C)s1. The van der Waals surface area contributed by atoms with Crippen molar-refractivity contribution >= 4 is 34.5 Å². The summed E-state index contributed by atoms with van der Waals surface area (Å²) < 4.78 is 0. The lowest BCUT2D eigenvalue weighted by atomic mass is 9.78. The zero-order valence-electron chi connectivity index (χ0n) is 12.0. The molecule has 2 aromatic rings. The summed E-state index contributed by atoms with van der Waals surface area (Å²) in [5.74, 6) is 1.08. The number of alkyl halides is 2.